The minimum Gasteiger partial charge on any atom is -0.507 e. The van der Waals surface area contributed by atoms with Gasteiger partial charge in [-0.2, -0.15) is 0 Å². The first-order valence-corrected chi connectivity index (χ1v) is 7.30. The van der Waals surface area contributed by atoms with Gasteiger partial charge in [0.05, 0.1) is 5.56 Å². The number of aromatic hydroxyl groups is 1. The van der Waals surface area contributed by atoms with E-state index in [9.17, 15) is 14.7 Å². The number of hydrogen-bond donors (Lipinski definition) is 1. The molecule has 2 aromatic rings. The smallest absolute Gasteiger partial charge is 0.227 e. The highest BCUT2D eigenvalue weighted by atomic mass is 35.5. The lowest BCUT2D eigenvalue weighted by atomic mass is 9.86. The summed E-state index contributed by atoms with van der Waals surface area (Å²) in [6.45, 7) is 3.56. The zero-order valence-corrected chi connectivity index (χ0v) is 13.2. The SMILES string of the molecule is CC(C)(Cc1ccc(C(=O)c2ccccc2O)cc1)C(=O)Cl. The van der Waals surface area contributed by atoms with Crippen molar-refractivity contribution in [2.45, 2.75) is 20.3 Å². The molecular formula is C18H17ClO3. The van der Waals surface area contributed by atoms with Crippen molar-refractivity contribution < 1.29 is 14.7 Å². The number of para-hydroxylation sites is 1. The number of halogens is 1. The van der Waals surface area contributed by atoms with Crippen molar-refractivity contribution in [2.75, 3.05) is 0 Å². The van der Waals surface area contributed by atoms with Gasteiger partial charge in [-0.25, -0.2) is 0 Å². The maximum Gasteiger partial charge on any atom is 0.227 e. The van der Waals surface area contributed by atoms with E-state index in [4.69, 9.17) is 11.6 Å². The molecule has 2 rings (SSSR count). The Hall–Kier alpha value is -2.13. The van der Waals surface area contributed by atoms with Crippen molar-refractivity contribution in [1.29, 1.82) is 0 Å². The fourth-order valence-corrected chi connectivity index (χ4v) is 2.24. The van der Waals surface area contributed by atoms with Crippen molar-refractivity contribution in [3.05, 3.63) is 65.2 Å². The van der Waals surface area contributed by atoms with Crippen molar-refractivity contribution in [2.24, 2.45) is 5.41 Å². The van der Waals surface area contributed by atoms with Crippen molar-refractivity contribution >= 4 is 22.6 Å². The highest BCUT2D eigenvalue weighted by Gasteiger charge is 2.26. The molecule has 114 valence electrons. The number of benzene rings is 2. The molecule has 0 amide bonds. The van der Waals surface area contributed by atoms with E-state index >= 15 is 0 Å². The molecule has 4 heteroatoms. The van der Waals surface area contributed by atoms with Gasteiger partial charge in [0.1, 0.15) is 5.75 Å². The van der Waals surface area contributed by atoms with Gasteiger partial charge in [0, 0.05) is 11.0 Å². The summed E-state index contributed by atoms with van der Waals surface area (Å²) in [6.07, 6.45) is 0.500. The van der Waals surface area contributed by atoms with Crippen LogP contribution in [0.3, 0.4) is 0 Å². The minimum absolute atomic E-state index is 0.0366. The number of carbonyl (C=O) groups excluding carboxylic acids is 2. The van der Waals surface area contributed by atoms with Crippen molar-refractivity contribution in [3.63, 3.8) is 0 Å². The van der Waals surface area contributed by atoms with Crippen LogP contribution in [0.15, 0.2) is 48.5 Å². The number of ketones is 1. The van der Waals surface area contributed by atoms with Gasteiger partial charge in [-0.3, -0.25) is 9.59 Å². The Morgan fingerprint density at radius 1 is 1.05 bits per heavy atom. The summed E-state index contributed by atoms with van der Waals surface area (Å²) in [4.78, 5) is 23.7. The third-order valence-electron chi connectivity index (χ3n) is 3.54. The maximum atomic E-state index is 12.3. The van der Waals surface area contributed by atoms with Crippen LogP contribution < -0.4 is 0 Å². The van der Waals surface area contributed by atoms with Crippen LogP contribution in [0.5, 0.6) is 5.75 Å². The van der Waals surface area contributed by atoms with Crippen LogP contribution in [0.2, 0.25) is 0 Å². The predicted molar refractivity (Wildman–Crippen MR) is 86.3 cm³/mol. The van der Waals surface area contributed by atoms with Gasteiger partial charge < -0.3 is 5.11 Å². The minimum atomic E-state index is -0.648. The summed E-state index contributed by atoms with van der Waals surface area (Å²) >= 11 is 5.58. The Balaban J connectivity index is 2.21. The third kappa shape index (κ3) is 3.55. The first-order chi connectivity index (χ1) is 10.3. The van der Waals surface area contributed by atoms with Crippen LogP contribution in [0, 0.1) is 5.41 Å². The molecule has 2 aromatic carbocycles. The fourth-order valence-electron chi connectivity index (χ4n) is 2.17. The second-order valence-electron chi connectivity index (χ2n) is 5.88. The van der Waals surface area contributed by atoms with Crippen molar-refractivity contribution in [1.82, 2.24) is 0 Å². The van der Waals surface area contributed by atoms with E-state index in [-0.39, 0.29) is 22.3 Å². The Labute approximate surface area is 134 Å². The summed E-state index contributed by atoms with van der Waals surface area (Å²) in [5.74, 6) is -0.275. The van der Waals surface area contributed by atoms with Crippen molar-refractivity contribution in [3.8, 4) is 5.75 Å². The zero-order chi connectivity index (χ0) is 16.3. The molecule has 0 aromatic heterocycles. The molecule has 0 bridgehead atoms. The molecular weight excluding hydrogens is 300 g/mol. The summed E-state index contributed by atoms with van der Waals surface area (Å²) in [5, 5.41) is 9.35. The van der Waals surface area contributed by atoms with E-state index in [0.717, 1.165) is 5.56 Å². The molecule has 1 N–H and O–H groups in total. The molecule has 0 heterocycles. The van der Waals surface area contributed by atoms with E-state index in [0.29, 0.717) is 12.0 Å². The zero-order valence-electron chi connectivity index (χ0n) is 12.5. The van der Waals surface area contributed by atoms with E-state index in [2.05, 4.69) is 0 Å². The average molecular weight is 317 g/mol. The Kier molecular flexibility index (Phi) is 4.67. The lowest BCUT2D eigenvalue weighted by Gasteiger charge is -2.19. The number of phenols is 1. The Morgan fingerprint density at radius 2 is 1.64 bits per heavy atom. The lowest BCUT2D eigenvalue weighted by molar-refractivity contribution is -0.118. The molecule has 22 heavy (non-hydrogen) atoms. The number of rotatable bonds is 5. The molecule has 0 aliphatic rings. The first kappa shape index (κ1) is 16.2. The Morgan fingerprint density at radius 3 is 2.18 bits per heavy atom. The molecule has 0 fully saturated rings. The van der Waals surface area contributed by atoms with Crippen LogP contribution in [0.1, 0.15) is 35.3 Å². The number of phenolic OH excluding ortho intramolecular Hbond substituents is 1. The molecule has 3 nitrogen and oxygen atoms in total. The highest BCUT2D eigenvalue weighted by molar-refractivity contribution is 6.64. The molecule has 0 radical (unpaired) electrons. The average Bonchev–Trinajstić information content (AvgIpc) is 2.47. The Bertz CT molecular complexity index is 703. The number of carbonyl (C=O) groups is 2. The maximum absolute atomic E-state index is 12.3. The van der Waals surface area contributed by atoms with Gasteiger partial charge in [-0.1, -0.05) is 50.2 Å². The molecule has 0 saturated carbocycles. The second kappa shape index (κ2) is 6.32. The lowest BCUT2D eigenvalue weighted by Crippen LogP contribution is -2.22. The van der Waals surface area contributed by atoms with E-state index in [1.165, 1.54) is 6.07 Å². The van der Waals surface area contributed by atoms with Crippen LogP contribution in [-0.2, 0) is 11.2 Å². The van der Waals surface area contributed by atoms with Crippen LogP contribution >= 0.6 is 11.6 Å². The predicted octanol–water partition coefficient (Wildman–Crippen LogP) is 3.96. The molecule has 0 aliphatic heterocycles. The largest absolute Gasteiger partial charge is 0.507 e. The monoisotopic (exact) mass is 316 g/mol. The normalized spacial score (nSPS) is 11.2. The van der Waals surface area contributed by atoms with E-state index < -0.39 is 5.41 Å². The fraction of sp³-hybridized carbons (Fsp3) is 0.222. The molecule has 0 unspecified atom stereocenters. The third-order valence-corrected chi connectivity index (χ3v) is 4.05. The van der Waals surface area contributed by atoms with Gasteiger partial charge in [-0.05, 0) is 35.7 Å². The van der Waals surface area contributed by atoms with E-state index in [1.807, 2.05) is 0 Å². The molecule has 0 aliphatic carbocycles. The topological polar surface area (TPSA) is 54.4 Å². The molecule has 0 saturated heterocycles. The summed E-state index contributed by atoms with van der Waals surface area (Å²) < 4.78 is 0. The van der Waals surface area contributed by atoms with Gasteiger partial charge in [0.2, 0.25) is 5.24 Å². The van der Waals surface area contributed by atoms with Crippen LogP contribution in [0.4, 0.5) is 0 Å². The first-order valence-electron chi connectivity index (χ1n) is 6.93. The summed E-state index contributed by atoms with van der Waals surface area (Å²) in [5.41, 5.74) is 1.03. The molecule has 0 spiro atoms. The summed E-state index contributed by atoms with van der Waals surface area (Å²) in [6, 6.07) is 13.4. The van der Waals surface area contributed by atoms with Gasteiger partial charge >= 0.3 is 0 Å². The van der Waals surface area contributed by atoms with Gasteiger partial charge in [0.15, 0.2) is 5.78 Å². The van der Waals surface area contributed by atoms with Crippen LogP contribution in [-0.4, -0.2) is 16.1 Å². The quantitative estimate of drug-likeness (QED) is 0.671. The van der Waals surface area contributed by atoms with E-state index in [1.54, 1.807) is 56.3 Å². The van der Waals surface area contributed by atoms with Gasteiger partial charge in [0.25, 0.3) is 0 Å². The molecule has 0 atom stereocenters. The standard InChI is InChI=1S/C18H17ClO3/c1-18(2,17(19)22)11-12-7-9-13(10-8-12)16(21)14-5-3-4-6-15(14)20/h3-10,20H,11H2,1-2H3. The number of hydrogen-bond acceptors (Lipinski definition) is 3. The summed E-state index contributed by atoms with van der Waals surface area (Å²) in [7, 11) is 0. The highest BCUT2D eigenvalue weighted by Crippen LogP contribution is 2.26. The van der Waals surface area contributed by atoms with Gasteiger partial charge in [-0.15, -0.1) is 0 Å². The second-order valence-corrected chi connectivity index (χ2v) is 6.22. The van der Waals surface area contributed by atoms with Crippen LogP contribution in [0.25, 0.3) is 0 Å².